The van der Waals surface area contributed by atoms with Gasteiger partial charge in [-0.15, -0.1) is 0 Å². The lowest BCUT2D eigenvalue weighted by Gasteiger charge is -2.12. The van der Waals surface area contributed by atoms with Gasteiger partial charge in [-0.25, -0.2) is 4.79 Å². The summed E-state index contributed by atoms with van der Waals surface area (Å²) in [5.74, 6) is 0.297. The molecule has 1 unspecified atom stereocenters. The first kappa shape index (κ1) is 14.9. The smallest absolute Gasteiger partial charge is 0.408 e. The molecule has 1 fully saturated rings. The van der Waals surface area contributed by atoms with Crippen molar-refractivity contribution in [3.05, 3.63) is 34.3 Å². The molecule has 0 radical (unpaired) electrons. The SMILES string of the molecule is CCn1c(=O)oc2cc(C(Br)C3C(C)(C)C3(C)C)ccc21. The van der Waals surface area contributed by atoms with E-state index in [-0.39, 0.29) is 10.6 Å². The van der Waals surface area contributed by atoms with Crippen molar-refractivity contribution >= 4 is 27.0 Å². The van der Waals surface area contributed by atoms with E-state index in [2.05, 4.69) is 49.7 Å². The topological polar surface area (TPSA) is 35.1 Å². The third-order valence-corrected chi connectivity index (χ3v) is 6.81. The largest absolute Gasteiger partial charge is 0.419 e. The number of nitrogens with zero attached hydrogens (tertiary/aromatic N) is 1. The minimum atomic E-state index is -0.275. The Morgan fingerprint density at radius 2 is 1.90 bits per heavy atom. The van der Waals surface area contributed by atoms with E-state index in [0.29, 0.717) is 28.9 Å². The van der Waals surface area contributed by atoms with Crippen LogP contribution in [0.3, 0.4) is 0 Å². The van der Waals surface area contributed by atoms with Crippen molar-refractivity contribution in [1.82, 2.24) is 4.57 Å². The summed E-state index contributed by atoms with van der Waals surface area (Å²) in [7, 11) is 0. The fourth-order valence-corrected chi connectivity index (χ4v) is 5.33. The van der Waals surface area contributed by atoms with Crippen LogP contribution in [0.5, 0.6) is 0 Å². The third-order valence-electron chi connectivity index (χ3n) is 5.75. The highest BCUT2D eigenvalue weighted by molar-refractivity contribution is 9.09. The highest BCUT2D eigenvalue weighted by Gasteiger charge is 2.66. The number of hydrogen-bond acceptors (Lipinski definition) is 2. The monoisotopic (exact) mass is 351 g/mol. The zero-order valence-electron chi connectivity index (χ0n) is 13.2. The average molecular weight is 352 g/mol. The molecule has 1 aliphatic rings. The Morgan fingerprint density at radius 3 is 2.43 bits per heavy atom. The summed E-state index contributed by atoms with van der Waals surface area (Å²) < 4.78 is 7.03. The number of benzene rings is 1. The number of oxazole rings is 1. The first-order valence-electron chi connectivity index (χ1n) is 7.49. The van der Waals surface area contributed by atoms with Gasteiger partial charge >= 0.3 is 5.76 Å². The van der Waals surface area contributed by atoms with Crippen LogP contribution >= 0.6 is 15.9 Å². The molecule has 1 saturated carbocycles. The standard InChI is InChI=1S/C17H22BrNO2/c1-6-19-11-8-7-10(9-12(11)21-15(19)20)13(18)14-16(2,3)17(14,4)5/h7-9,13-14H,6H2,1-5H3. The molecule has 3 rings (SSSR count). The Hall–Kier alpha value is -1.03. The van der Waals surface area contributed by atoms with Crippen molar-refractivity contribution in [3.63, 3.8) is 0 Å². The number of rotatable bonds is 3. The van der Waals surface area contributed by atoms with Crippen LogP contribution in [0.15, 0.2) is 27.4 Å². The summed E-state index contributed by atoms with van der Waals surface area (Å²) in [4.78, 5) is 12.1. The van der Waals surface area contributed by atoms with Crippen molar-refractivity contribution in [3.8, 4) is 0 Å². The predicted octanol–water partition coefficient (Wildman–Crippen LogP) is 4.73. The van der Waals surface area contributed by atoms with Crippen molar-refractivity contribution in [2.75, 3.05) is 0 Å². The fraction of sp³-hybridized carbons (Fsp3) is 0.588. The first-order valence-corrected chi connectivity index (χ1v) is 8.40. The fourth-order valence-electron chi connectivity index (χ4n) is 3.73. The predicted molar refractivity (Wildman–Crippen MR) is 88.9 cm³/mol. The Kier molecular flexibility index (Phi) is 3.18. The maximum atomic E-state index is 11.8. The van der Waals surface area contributed by atoms with Crippen LogP contribution in [0.4, 0.5) is 0 Å². The molecule has 0 N–H and O–H groups in total. The molecule has 21 heavy (non-hydrogen) atoms. The average Bonchev–Trinajstić information content (AvgIpc) is 2.67. The van der Waals surface area contributed by atoms with E-state index in [1.165, 1.54) is 5.56 Å². The van der Waals surface area contributed by atoms with E-state index in [0.717, 1.165) is 5.52 Å². The van der Waals surface area contributed by atoms with Crippen LogP contribution in [-0.2, 0) is 6.54 Å². The maximum Gasteiger partial charge on any atom is 0.419 e. The molecule has 0 amide bonds. The molecule has 0 aliphatic heterocycles. The lowest BCUT2D eigenvalue weighted by Crippen LogP contribution is -2.11. The zero-order chi connectivity index (χ0) is 15.6. The van der Waals surface area contributed by atoms with Crippen LogP contribution in [0, 0.1) is 16.7 Å². The van der Waals surface area contributed by atoms with Crippen molar-refractivity contribution < 1.29 is 4.42 Å². The van der Waals surface area contributed by atoms with Crippen molar-refractivity contribution in [2.45, 2.75) is 46.0 Å². The second-order valence-electron chi connectivity index (χ2n) is 7.16. The second-order valence-corrected chi connectivity index (χ2v) is 8.15. The van der Waals surface area contributed by atoms with E-state index in [9.17, 15) is 4.79 Å². The molecular formula is C17H22BrNO2. The molecule has 1 aromatic heterocycles. The van der Waals surface area contributed by atoms with Gasteiger partial charge in [-0.05, 0) is 41.4 Å². The number of hydrogen-bond donors (Lipinski definition) is 0. The van der Waals surface area contributed by atoms with E-state index < -0.39 is 0 Å². The molecule has 114 valence electrons. The van der Waals surface area contributed by atoms with Gasteiger partial charge < -0.3 is 4.42 Å². The Balaban J connectivity index is 2.01. The summed E-state index contributed by atoms with van der Waals surface area (Å²) >= 11 is 3.87. The molecule has 3 nitrogen and oxygen atoms in total. The van der Waals surface area contributed by atoms with Crippen LogP contribution in [-0.4, -0.2) is 4.57 Å². The van der Waals surface area contributed by atoms with Gasteiger partial charge in [0, 0.05) is 11.4 Å². The van der Waals surface area contributed by atoms with Crippen molar-refractivity contribution in [2.24, 2.45) is 16.7 Å². The quantitative estimate of drug-likeness (QED) is 0.749. The van der Waals surface area contributed by atoms with Gasteiger partial charge in [0.1, 0.15) is 0 Å². The first-order chi connectivity index (χ1) is 9.71. The molecule has 0 saturated heterocycles. The van der Waals surface area contributed by atoms with E-state index in [4.69, 9.17) is 4.42 Å². The Bertz CT molecular complexity index is 740. The third kappa shape index (κ3) is 1.95. The summed E-state index contributed by atoms with van der Waals surface area (Å²) in [6.07, 6.45) is 0. The molecule has 1 heterocycles. The number of aryl methyl sites for hydroxylation is 1. The van der Waals surface area contributed by atoms with Gasteiger partial charge in [-0.3, -0.25) is 4.57 Å². The van der Waals surface area contributed by atoms with Crippen LogP contribution in [0.1, 0.15) is 45.0 Å². The summed E-state index contributed by atoms with van der Waals surface area (Å²) in [6, 6.07) is 6.11. The van der Waals surface area contributed by atoms with Gasteiger partial charge in [-0.1, -0.05) is 49.7 Å². The van der Waals surface area contributed by atoms with Gasteiger partial charge in [0.05, 0.1) is 5.52 Å². The highest BCUT2D eigenvalue weighted by Crippen LogP contribution is 2.73. The second kappa shape index (κ2) is 4.48. The lowest BCUT2D eigenvalue weighted by molar-refractivity contribution is 0.457. The molecule has 2 aromatic rings. The minimum Gasteiger partial charge on any atom is -0.408 e. The Morgan fingerprint density at radius 1 is 1.29 bits per heavy atom. The summed E-state index contributed by atoms with van der Waals surface area (Å²) in [5, 5.41) is 0. The summed E-state index contributed by atoms with van der Waals surface area (Å²) in [5.41, 5.74) is 3.36. The molecule has 4 heteroatoms. The lowest BCUT2D eigenvalue weighted by atomic mass is 10.0. The van der Waals surface area contributed by atoms with Gasteiger partial charge in [0.15, 0.2) is 5.58 Å². The molecular weight excluding hydrogens is 330 g/mol. The van der Waals surface area contributed by atoms with Gasteiger partial charge in [-0.2, -0.15) is 0 Å². The van der Waals surface area contributed by atoms with E-state index in [1.54, 1.807) is 4.57 Å². The maximum absolute atomic E-state index is 11.8. The molecule has 1 aromatic carbocycles. The van der Waals surface area contributed by atoms with Gasteiger partial charge in [0.25, 0.3) is 0 Å². The normalized spacial score (nSPS) is 21.6. The van der Waals surface area contributed by atoms with E-state index >= 15 is 0 Å². The number of alkyl halides is 1. The number of halogens is 1. The Labute approximate surface area is 133 Å². The van der Waals surface area contributed by atoms with E-state index in [1.807, 2.05) is 19.1 Å². The number of fused-ring (bicyclic) bond motifs is 1. The molecule has 0 bridgehead atoms. The minimum absolute atomic E-state index is 0.275. The van der Waals surface area contributed by atoms with Crippen molar-refractivity contribution in [1.29, 1.82) is 0 Å². The van der Waals surface area contributed by atoms with Crippen LogP contribution < -0.4 is 5.76 Å². The number of aromatic nitrogens is 1. The zero-order valence-corrected chi connectivity index (χ0v) is 14.8. The summed E-state index contributed by atoms with van der Waals surface area (Å²) in [6.45, 7) is 11.9. The molecule has 0 spiro atoms. The molecule has 1 aliphatic carbocycles. The molecule has 1 atom stereocenters. The highest BCUT2D eigenvalue weighted by atomic mass is 79.9. The van der Waals surface area contributed by atoms with Crippen LogP contribution in [0.2, 0.25) is 0 Å². The van der Waals surface area contributed by atoms with Gasteiger partial charge in [0.2, 0.25) is 0 Å². The van der Waals surface area contributed by atoms with Crippen LogP contribution in [0.25, 0.3) is 11.1 Å².